The number of nitrogens with zero attached hydrogens (tertiary/aromatic N) is 2. The van der Waals surface area contributed by atoms with Crippen LogP contribution in [0.25, 0.3) is 10.9 Å². The lowest BCUT2D eigenvalue weighted by Gasteiger charge is -2.41. The summed E-state index contributed by atoms with van der Waals surface area (Å²) in [5.41, 5.74) is 1.71. The summed E-state index contributed by atoms with van der Waals surface area (Å²) in [4.78, 5) is 30.8. The Morgan fingerprint density at radius 1 is 1.25 bits per heavy atom. The second kappa shape index (κ2) is 8.22. The van der Waals surface area contributed by atoms with Gasteiger partial charge in [0.1, 0.15) is 5.60 Å². The minimum Gasteiger partial charge on any atom is -0.481 e. The molecule has 0 bridgehead atoms. The molecular formula is C21H29N3O4. The van der Waals surface area contributed by atoms with Gasteiger partial charge in [0.2, 0.25) is 0 Å². The first-order valence-electron chi connectivity index (χ1n) is 9.72. The highest BCUT2D eigenvalue weighted by atomic mass is 16.6. The van der Waals surface area contributed by atoms with Gasteiger partial charge in [-0.15, -0.1) is 0 Å². The van der Waals surface area contributed by atoms with Gasteiger partial charge < -0.3 is 19.7 Å². The van der Waals surface area contributed by atoms with Crippen LogP contribution in [0.4, 0.5) is 4.79 Å². The van der Waals surface area contributed by atoms with E-state index in [0.29, 0.717) is 26.2 Å². The molecule has 1 aromatic heterocycles. The average molecular weight is 387 g/mol. The fourth-order valence-electron chi connectivity index (χ4n) is 3.67. The van der Waals surface area contributed by atoms with Crippen LogP contribution in [0.3, 0.4) is 0 Å². The summed E-state index contributed by atoms with van der Waals surface area (Å²) in [6.07, 6.45) is 2.53. The zero-order chi connectivity index (χ0) is 20.3. The molecule has 1 aliphatic heterocycles. The highest BCUT2D eigenvalue weighted by Gasteiger charge is 2.32. The average Bonchev–Trinajstić information content (AvgIpc) is 3.02. The minimum absolute atomic E-state index is 0.0415. The molecule has 1 aromatic carbocycles. The molecule has 7 heteroatoms. The fraction of sp³-hybridized carbons (Fsp3) is 0.524. The highest BCUT2D eigenvalue weighted by molar-refractivity contribution is 5.83. The number of hydrogen-bond acceptors (Lipinski definition) is 4. The molecular weight excluding hydrogens is 358 g/mol. The van der Waals surface area contributed by atoms with Crippen molar-refractivity contribution in [1.82, 2.24) is 14.8 Å². The van der Waals surface area contributed by atoms with Crippen LogP contribution in [0.5, 0.6) is 0 Å². The maximum absolute atomic E-state index is 12.5. The van der Waals surface area contributed by atoms with Crippen molar-refractivity contribution in [2.45, 2.75) is 45.3 Å². The number of amides is 1. The zero-order valence-corrected chi connectivity index (χ0v) is 16.8. The molecule has 152 valence electrons. The predicted octanol–water partition coefficient (Wildman–Crippen LogP) is 3.11. The van der Waals surface area contributed by atoms with Gasteiger partial charge in [0.25, 0.3) is 0 Å². The molecule has 28 heavy (non-hydrogen) atoms. The van der Waals surface area contributed by atoms with Crippen LogP contribution in [0.2, 0.25) is 0 Å². The Labute approximate surface area is 165 Å². The van der Waals surface area contributed by atoms with Crippen molar-refractivity contribution in [2.75, 3.05) is 26.2 Å². The number of ether oxygens (including phenoxy) is 1. The Hall–Kier alpha value is -2.54. The van der Waals surface area contributed by atoms with Gasteiger partial charge in [-0.2, -0.15) is 0 Å². The molecule has 0 radical (unpaired) electrons. The molecule has 1 saturated heterocycles. The van der Waals surface area contributed by atoms with Crippen LogP contribution in [-0.2, 0) is 16.0 Å². The van der Waals surface area contributed by atoms with Gasteiger partial charge in [-0.1, -0.05) is 18.2 Å². The van der Waals surface area contributed by atoms with Crippen LogP contribution in [0.15, 0.2) is 30.5 Å². The second-order valence-electron chi connectivity index (χ2n) is 8.32. The molecule has 0 aliphatic carbocycles. The Morgan fingerprint density at radius 3 is 2.71 bits per heavy atom. The molecule has 0 saturated carbocycles. The SMILES string of the molecule is CC(C)(C)OC(=O)N1CCN(CCC(=O)O)C(Cc2c[nH]c3ccccc23)C1. The standard InChI is InChI=1S/C21H29N3O4/c1-21(2,3)28-20(27)24-11-10-23(9-8-19(25)26)16(14-24)12-15-13-22-18-7-5-4-6-17(15)18/h4-7,13,16,22H,8-12,14H2,1-3H3,(H,25,26). The Morgan fingerprint density at radius 2 is 2.00 bits per heavy atom. The number of fused-ring (bicyclic) bond motifs is 1. The quantitative estimate of drug-likeness (QED) is 0.823. The number of carboxylic acid groups (broad SMARTS) is 1. The topological polar surface area (TPSA) is 85.9 Å². The molecule has 1 atom stereocenters. The number of H-pyrrole nitrogens is 1. The van der Waals surface area contributed by atoms with Crippen molar-refractivity contribution in [3.8, 4) is 0 Å². The van der Waals surface area contributed by atoms with E-state index in [0.717, 1.165) is 17.3 Å². The maximum Gasteiger partial charge on any atom is 0.410 e. The number of aromatic amines is 1. The van der Waals surface area contributed by atoms with E-state index < -0.39 is 11.6 Å². The van der Waals surface area contributed by atoms with E-state index in [-0.39, 0.29) is 18.6 Å². The number of nitrogens with one attached hydrogen (secondary N) is 1. The monoisotopic (exact) mass is 387 g/mol. The Balaban J connectivity index is 1.76. The van der Waals surface area contributed by atoms with Gasteiger partial charge in [-0.3, -0.25) is 9.69 Å². The van der Waals surface area contributed by atoms with Gasteiger partial charge in [-0.25, -0.2) is 4.79 Å². The molecule has 1 aliphatic rings. The first-order chi connectivity index (χ1) is 13.2. The summed E-state index contributed by atoms with van der Waals surface area (Å²) in [7, 11) is 0. The first kappa shape index (κ1) is 20.2. The van der Waals surface area contributed by atoms with Crippen molar-refractivity contribution in [2.24, 2.45) is 0 Å². The molecule has 1 fully saturated rings. The lowest BCUT2D eigenvalue weighted by Crippen LogP contribution is -2.56. The van der Waals surface area contributed by atoms with Crippen LogP contribution in [0.1, 0.15) is 32.8 Å². The number of piperazine rings is 1. The summed E-state index contributed by atoms with van der Waals surface area (Å²) in [6.45, 7) is 7.75. The second-order valence-corrected chi connectivity index (χ2v) is 8.32. The number of carbonyl (C=O) groups is 2. The predicted molar refractivity (Wildman–Crippen MR) is 107 cm³/mol. The number of carbonyl (C=O) groups excluding carboxylic acids is 1. The van der Waals surface area contributed by atoms with Crippen LogP contribution < -0.4 is 0 Å². The number of aliphatic carboxylic acids is 1. The van der Waals surface area contributed by atoms with E-state index in [1.165, 1.54) is 5.56 Å². The number of rotatable bonds is 5. The van der Waals surface area contributed by atoms with E-state index >= 15 is 0 Å². The summed E-state index contributed by atoms with van der Waals surface area (Å²) in [5, 5.41) is 10.2. The fourth-order valence-corrected chi connectivity index (χ4v) is 3.67. The van der Waals surface area contributed by atoms with Crippen LogP contribution >= 0.6 is 0 Å². The van der Waals surface area contributed by atoms with Crippen molar-refractivity contribution in [1.29, 1.82) is 0 Å². The third-order valence-electron chi connectivity index (χ3n) is 5.00. The van der Waals surface area contributed by atoms with Crippen molar-refractivity contribution in [3.05, 3.63) is 36.0 Å². The molecule has 3 rings (SSSR count). The number of hydrogen-bond donors (Lipinski definition) is 2. The molecule has 1 amide bonds. The van der Waals surface area contributed by atoms with E-state index in [4.69, 9.17) is 9.84 Å². The number of carboxylic acids is 1. The summed E-state index contributed by atoms with van der Waals surface area (Å²) < 4.78 is 5.53. The lowest BCUT2D eigenvalue weighted by atomic mass is 10.0. The molecule has 7 nitrogen and oxygen atoms in total. The van der Waals surface area contributed by atoms with Crippen LogP contribution in [-0.4, -0.2) is 69.8 Å². The molecule has 1 unspecified atom stereocenters. The van der Waals surface area contributed by atoms with Crippen molar-refractivity contribution < 1.29 is 19.4 Å². The van der Waals surface area contributed by atoms with E-state index in [9.17, 15) is 9.59 Å². The summed E-state index contributed by atoms with van der Waals surface area (Å²) >= 11 is 0. The lowest BCUT2D eigenvalue weighted by molar-refractivity contribution is -0.137. The number of aromatic nitrogens is 1. The van der Waals surface area contributed by atoms with Crippen LogP contribution in [0, 0.1) is 0 Å². The third kappa shape index (κ3) is 5.04. The molecule has 2 heterocycles. The van der Waals surface area contributed by atoms with Gasteiger partial charge >= 0.3 is 12.1 Å². The van der Waals surface area contributed by atoms with Crippen molar-refractivity contribution >= 4 is 23.0 Å². The number of para-hydroxylation sites is 1. The third-order valence-corrected chi connectivity index (χ3v) is 5.00. The molecule has 0 spiro atoms. The zero-order valence-electron chi connectivity index (χ0n) is 16.8. The first-order valence-corrected chi connectivity index (χ1v) is 9.72. The number of benzene rings is 1. The van der Waals surface area contributed by atoms with E-state index in [1.54, 1.807) is 4.90 Å². The Kier molecular flexibility index (Phi) is 5.93. The molecule has 2 N–H and O–H groups in total. The van der Waals surface area contributed by atoms with E-state index in [1.807, 2.05) is 45.2 Å². The maximum atomic E-state index is 12.5. The van der Waals surface area contributed by atoms with E-state index in [2.05, 4.69) is 16.0 Å². The molecule has 2 aromatic rings. The van der Waals surface area contributed by atoms with Gasteiger partial charge in [0.05, 0.1) is 6.42 Å². The van der Waals surface area contributed by atoms with Gasteiger partial charge in [0.15, 0.2) is 0 Å². The Bertz CT molecular complexity index is 840. The minimum atomic E-state index is -0.805. The summed E-state index contributed by atoms with van der Waals surface area (Å²) in [6, 6.07) is 8.16. The summed E-state index contributed by atoms with van der Waals surface area (Å²) in [5.74, 6) is -0.805. The smallest absolute Gasteiger partial charge is 0.410 e. The van der Waals surface area contributed by atoms with Gasteiger partial charge in [0, 0.05) is 49.3 Å². The highest BCUT2D eigenvalue weighted by Crippen LogP contribution is 2.23. The normalized spacial score (nSPS) is 18.4. The largest absolute Gasteiger partial charge is 0.481 e. The van der Waals surface area contributed by atoms with Crippen molar-refractivity contribution in [3.63, 3.8) is 0 Å². The van der Waals surface area contributed by atoms with Gasteiger partial charge in [-0.05, 0) is 38.8 Å².